The van der Waals surface area contributed by atoms with E-state index in [-0.39, 0.29) is 17.5 Å². The van der Waals surface area contributed by atoms with Crippen molar-refractivity contribution in [1.29, 1.82) is 0 Å². The van der Waals surface area contributed by atoms with Crippen LogP contribution in [-0.2, 0) is 0 Å². The summed E-state index contributed by atoms with van der Waals surface area (Å²) in [5, 5.41) is 3.12. The van der Waals surface area contributed by atoms with Crippen LogP contribution < -0.4 is 20.5 Å². The Morgan fingerprint density at radius 1 is 1.35 bits per heavy atom. The monoisotopic (exact) mass is 284 g/mol. The fraction of sp³-hybridized carbons (Fsp3) is 0.429. The zero-order chi connectivity index (χ0) is 15.0. The second-order valence-corrected chi connectivity index (χ2v) is 3.88. The van der Waals surface area contributed by atoms with Crippen molar-refractivity contribution >= 4 is 0 Å². The number of hydrogen-bond acceptors (Lipinski definition) is 4. The fourth-order valence-corrected chi connectivity index (χ4v) is 1.70. The molecule has 0 saturated carbocycles. The Balaban J connectivity index is 2.94. The third-order valence-electron chi connectivity index (χ3n) is 2.66. The average molecular weight is 284 g/mol. The Kier molecular flexibility index (Phi) is 6.77. The lowest BCUT2D eigenvalue weighted by molar-refractivity contribution is -0.0512. The molecule has 6 heteroatoms. The lowest BCUT2D eigenvalue weighted by Crippen LogP contribution is -2.28. The number of methoxy groups -OCH3 is 1. The number of ether oxygens (including phenoxy) is 2. The molecule has 0 bridgehead atoms. The van der Waals surface area contributed by atoms with Crippen LogP contribution in [0.5, 0.6) is 11.5 Å². The van der Waals surface area contributed by atoms with E-state index in [0.29, 0.717) is 13.1 Å². The highest BCUT2D eigenvalue weighted by Crippen LogP contribution is 2.31. The molecule has 1 rings (SSSR count). The van der Waals surface area contributed by atoms with Gasteiger partial charge in [-0.3, -0.25) is 5.32 Å². The number of benzene rings is 1. The van der Waals surface area contributed by atoms with E-state index in [4.69, 9.17) is 10.5 Å². The molecule has 0 saturated heterocycles. The first-order chi connectivity index (χ1) is 9.62. The zero-order valence-corrected chi connectivity index (χ0v) is 11.5. The van der Waals surface area contributed by atoms with Gasteiger partial charge in [0.2, 0.25) is 0 Å². The number of alkyl halides is 2. The van der Waals surface area contributed by atoms with E-state index in [2.05, 4.69) is 21.9 Å². The molecule has 1 aromatic rings. The third kappa shape index (κ3) is 4.68. The van der Waals surface area contributed by atoms with Crippen LogP contribution in [0, 0.1) is 11.8 Å². The molecule has 0 radical (unpaired) electrons. The van der Waals surface area contributed by atoms with Crippen LogP contribution in [0.1, 0.15) is 18.5 Å². The van der Waals surface area contributed by atoms with Gasteiger partial charge in [0.05, 0.1) is 13.7 Å². The van der Waals surface area contributed by atoms with Crippen molar-refractivity contribution < 1.29 is 18.3 Å². The summed E-state index contributed by atoms with van der Waals surface area (Å²) in [6, 6.07) is 4.63. The van der Waals surface area contributed by atoms with Gasteiger partial charge in [0.15, 0.2) is 11.5 Å². The van der Waals surface area contributed by atoms with Gasteiger partial charge in [-0.1, -0.05) is 12.0 Å². The van der Waals surface area contributed by atoms with Crippen LogP contribution in [0.3, 0.4) is 0 Å². The van der Waals surface area contributed by atoms with Gasteiger partial charge in [0.1, 0.15) is 0 Å². The summed E-state index contributed by atoms with van der Waals surface area (Å²) >= 11 is 0. The molecule has 0 aliphatic rings. The van der Waals surface area contributed by atoms with Crippen molar-refractivity contribution in [2.45, 2.75) is 19.6 Å². The molecule has 3 N–H and O–H groups in total. The highest BCUT2D eigenvalue weighted by atomic mass is 19.3. The van der Waals surface area contributed by atoms with Crippen molar-refractivity contribution in [3.63, 3.8) is 0 Å². The summed E-state index contributed by atoms with van der Waals surface area (Å²) in [5.41, 5.74) is 6.42. The highest BCUT2D eigenvalue weighted by molar-refractivity contribution is 5.44. The Morgan fingerprint density at radius 2 is 2.10 bits per heavy atom. The molecule has 0 aliphatic heterocycles. The van der Waals surface area contributed by atoms with Gasteiger partial charge in [0, 0.05) is 12.6 Å². The van der Waals surface area contributed by atoms with Gasteiger partial charge >= 0.3 is 6.61 Å². The Bertz CT molecular complexity index is 484. The molecule has 110 valence electrons. The lowest BCUT2D eigenvalue weighted by atomic mass is 10.1. The fourth-order valence-electron chi connectivity index (χ4n) is 1.70. The topological polar surface area (TPSA) is 56.5 Å². The average Bonchev–Trinajstić information content (AvgIpc) is 2.43. The Hall–Kier alpha value is -1.84. The minimum atomic E-state index is -2.91. The predicted octanol–water partition coefficient (Wildman–Crippen LogP) is 1.91. The van der Waals surface area contributed by atoms with Gasteiger partial charge in [-0.2, -0.15) is 8.78 Å². The molecule has 0 aromatic heterocycles. The molecule has 1 unspecified atom stereocenters. The molecular formula is C14H18F2N2O2. The largest absolute Gasteiger partial charge is 0.493 e. The number of nitrogens with one attached hydrogen (secondary N) is 1. The van der Waals surface area contributed by atoms with Gasteiger partial charge in [-0.25, -0.2) is 0 Å². The van der Waals surface area contributed by atoms with Gasteiger partial charge in [0.25, 0.3) is 0 Å². The van der Waals surface area contributed by atoms with E-state index < -0.39 is 6.61 Å². The molecule has 1 atom stereocenters. The van der Waals surface area contributed by atoms with E-state index in [0.717, 1.165) is 5.56 Å². The maximum Gasteiger partial charge on any atom is 0.387 e. The summed E-state index contributed by atoms with van der Waals surface area (Å²) < 4.78 is 34.2. The SMILES string of the molecule is CC#CCNC(CN)c1ccc(OC)c(OC(F)F)c1. The summed E-state index contributed by atoms with van der Waals surface area (Å²) in [7, 11) is 1.39. The molecular weight excluding hydrogens is 266 g/mol. The molecule has 1 aromatic carbocycles. The number of rotatable bonds is 7. The maximum atomic E-state index is 12.4. The van der Waals surface area contributed by atoms with Crippen LogP contribution in [0.2, 0.25) is 0 Å². The van der Waals surface area contributed by atoms with Crippen LogP contribution >= 0.6 is 0 Å². The minimum absolute atomic E-state index is 0.0122. The van der Waals surface area contributed by atoms with E-state index in [1.807, 2.05) is 0 Å². The number of hydrogen-bond donors (Lipinski definition) is 2. The van der Waals surface area contributed by atoms with Crippen LogP contribution in [0.15, 0.2) is 18.2 Å². The first kappa shape index (κ1) is 16.2. The normalized spacial score (nSPS) is 11.7. The van der Waals surface area contributed by atoms with E-state index in [9.17, 15) is 8.78 Å². The Morgan fingerprint density at radius 3 is 2.65 bits per heavy atom. The van der Waals surface area contributed by atoms with E-state index in [1.165, 1.54) is 13.2 Å². The van der Waals surface area contributed by atoms with Crippen molar-refractivity contribution in [3.8, 4) is 23.3 Å². The predicted molar refractivity (Wildman–Crippen MR) is 72.9 cm³/mol. The summed E-state index contributed by atoms with van der Waals surface area (Å²) in [4.78, 5) is 0. The van der Waals surface area contributed by atoms with Gasteiger partial charge in [-0.15, -0.1) is 5.92 Å². The summed E-state index contributed by atoms with van der Waals surface area (Å²) in [5.74, 6) is 5.85. The zero-order valence-electron chi connectivity index (χ0n) is 11.5. The van der Waals surface area contributed by atoms with Crippen molar-refractivity contribution in [1.82, 2.24) is 5.32 Å². The lowest BCUT2D eigenvalue weighted by Gasteiger charge is -2.18. The smallest absolute Gasteiger partial charge is 0.387 e. The molecule has 0 heterocycles. The number of nitrogens with two attached hydrogens (primary N) is 1. The standard InChI is InChI=1S/C14H18F2N2O2/c1-3-4-7-18-11(9-17)10-5-6-12(19-2)13(8-10)20-14(15)16/h5-6,8,11,14,18H,7,9,17H2,1-2H3. The van der Waals surface area contributed by atoms with Gasteiger partial charge < -0.3 is 15.2 Å². The van der Waals surface area contributed by atoms with Crippen molar-refractivity contribution in [2.75, 3.05) is 20.2 Å². The first-order valence-electron chi connectivity index (χ1n) is 6.08. The van der Waals surface area contributed by atoms with Crippen LogP contribution in [-0.4, -0.2) is 26.8 Å². The second-order valence-electron chi connectivity index (χ2n) is 3.88. The molecule has 4 nitrogen and oxygen atoms in total. The van der Waals surface area contributed by atoms with Crippen LogP contribution in [0.4, 0.5) is 8.78 Å². The first-order valence-corrected chi connectivity index (χ1v) is 6.08. The van der Waals surface area contributed by atoms with Crippen molar-refractivity contribution in [3.05, 3.63) is 23.8 Å². The van der Waals surface area contributed by atoms with Crippen LogP contribution in [0.25, 0.3) is 0 Å². The molecule has 20 heavy (non-hydrogen) atoms. The molecule has 0 spiro atoms. The minimum Gasteiger partial charge on any atom is -0.493 e. The molecule has 0 fully saturated rings. The molecule has 0 amide bonds. The Labute approximate surface area is 117 Å². The van der Waals surface area contributed by atoms with E-state index in [1.54, 1.807) is 19.1 Å². The third-order valence-corrected chi connectivity index (χ3v) is 2.66. The summed E-state index contributed by atoms with van der Waals surface area (Å²) in [6.45, 7) is -0.392. The second kappa shape index (κ2) is 8.35. The van der Waals surface area contributed by atoms with Crippen molar-refractivity contribution in [2.24, 2.45) is 5.73 Å². The van der Waals surface area contributed by atoms with E-state index >= 15 is 0 Å². The summed E-state index contributed by atoms with van der Waals surface area (Å²) in [6.07, 6.45) is 0. The maximum absolute atomic E-state index is 12.4. The van der Waals surface area contributed by atoms with Gasteiger partial charge in [-0.05, 0) is 24.6 Å². The highest BCUT2D eigenvalue weighted by Gasteiger charge is 2.15. The number of halogens is 2. The molecule has 0 aliphatic carbocycles. The quantitative estimate of drug-likeness (QED) is 0.751.